The van der Waals surface area contributed by atoms with E-state index >= 15 is 0 Å². The van der Waals surface area contributed by atoms with Gasteiger partial charge in [0.15, 0.2) is 0 Å². The van der Waals surface area contributed by atoms with Gasteiger partial charge in [0.1, 0.15) is 11.6 Å². The molecular formula is C14H9Br3F2. The number of rotatable bonds is 2. The molecule has 19 heavy (non-hydrogen) atoms. The standard InChI is InChI=1S/C14H9Br3F2/c1-7-3-2-4-8(13(7)16)14(17)9-5-12(19)10(15)6-11(9)18/h2-6,14H,1H3. The van der Waals surface area contributed by atoms with Crippen LogP contribution in [0.2, 0.25) is 0 Å². The smallest absolute Gasteiger partial charge is 0.137 e. The monoisotopic (exact) mass is 452 g/mol. The molecule has 100 valence electrons. The van der Waals surface area contributed by atoms with Crippen LogP contribution in [-0.2, 0) is 0 Å². The van der Waals surface area contributed by atoms with E-state index in [1.807, 2.05) is 25.1 Å². The minimum Gasteiger partial charge on any atom is -0.207 e. The van der Waals surface area contributed by atoms with Crippen molar-refractivity contribution in [3.05, 3.63) is 67.6 Å². The van der Waals surface area contributed by atoms with Gasteiger partial charge >= 0.3 is 0 Å². The Morgan fingerprint density at radius 1 is 1.00 bits per heavy atom. The van der Waals surface area contributed by atoms with Gasteiger partial charge in [0.05, 0.1) is 9.30 Å². The predicted molar refractivity (Wildman–Crippen MR) is 83.7 cm³/mol. The minimum absolute atomic E-state index is 0.122. The van der Waals surface area contributed by atoms with Crippen molar-refractivity contribution in [3.8, 4) is 0 Å². The van der Waals surface area contributed by atoms with Crippen LogP contribution in [0.1, 0.15) is 21.5 Å². The predicted octanol–water partition coefficient (Wildman–Crippen LogP) is 6.28. The van der Waals surface area contributed by atoms with Crippen LogP contribution < -0.4 is 0 Å². The lowest BCUT2D eigenvalue weighted by Gasteiger charge is -2.15. The number of aryl methyl sites for hydroxylation is 1. The zero-order valence-electron chi connectivity index (χ0n) is 9.85. The molecule has 0 nitrogen and oxygen atoms in total. The van der Waals surface area contributed by atoms with E-state index in [0.29, 0.717) is 0 Å². The van der Waals surface area contributed by atoms with Gasteiger partial charge in [-0.05, 0) is 46.1 Å². The van der Waals surface area contributed by atoms with E-state index in [9.17, 15) is 8.78 Å². The molecule has 0 N–H and O–H groups in total. The molecule has 0 aliphatic carbocycles. The van der Waals surface area contributed by atoms with E-state index in [2.05, 4.69) is 47.8 Å². The molecule has 1 unspecified atom stereocenters. The quantitative estimate of drug-likeness (QED) is 0.370. The van der Waals surface area contributed by atoms with Gasteiger partial charge in [-0.25, -0.2) is 8.78 Å². The Morgan fingerprint density at radius 3 is 2.37 bits per heavy atom. The Kier molecular flexibility index (Phi) is 4.79. The summed E-state index contributed by atoms with van der Waals surface area (Å²) < 4.78 is 28.5. The van der Waals surface area contributed by atoms with Gasteiger partial charge in [-0.3, -0.25) is 0 Å². The van der Waals surface area contributed by atoms with Crippen molar-refractivity contribution < 1.29 is 8.78 Å². The first-order valence-corrected chi connectivity index (χ1v) is 7.95. The van der Waals surface area contributed by atoms with Crippen LogP contribution in [0.15, 0.2) is 39.3 Å². The van der Waals surface area contributed by atoms with Crippen LogP contribution in [0.5, 0.6) is 0 Å². The number of alkyl halides is 1. The van der Waals surface area contributed by atoms with Gasteiger partial charge in [-0.1, -0.05) is 50.1 Å². The van der Waals surface area contributed by atoms with Crippen molar-refractivity contribution in [2.24, 2.45) is 0 Å². The van der Waals surface area contributed by atoms with Gasteiger partial charge in [-0.15, -0.1) is 0 Å². The second kappa shape index (κ2) is 6.02. The topological polar surface area (TPSA) is 0 Å². The zero-order chi connectivity index (χ0) is 14.2. The maximum Gasteiger partial charge on any atom is 0.137 e. The maximum atomic E-state index is 14.0. The summed E-state index contributed by atoms with van der Waals surface area (Å²) in [5.74, 6) is -0.937. The van der Waals surface area contributed by atoms with Crippen molar-refractivity contribution >= 4 is 47.8 Å². The molecule has 0 saturated heterocycles. The largest absolute Gasteiger partial charge is 0.207 e. The fourth-order valence-electron chi connectivity index (χ4n) is 1.77. The highest BCUT2D eigenvalue weighted by molar-refractivity contribution is 9.11. The normalized spacial score (nSPS) is 12.5. The van der Waals surface area contributed by atoms with E-state index in [-0.39, 0.29) is 10.0 Å². The molecule has 0 fully saturated rings. The minimum atomic E-state index is -0.482. The molecule has 0 radical (unpaired) electrons. The molecule has 0 aromatic heterocycles. The number of hydrogen-bond donors (Lipinski definition) is 0. The third kappa shape index (κ3) is 3.09. The van der Waals surface area contributed by atoms with E-state index in [1.165, 1.54) is 6.07 Å². The van der Waals surface area contributed by atoms with Crippen LogP contribution in [0, 0.1) is 18.6 Å². The average Bonchev–Trinajstić information content (AvgIpc) is 2.36. The molecule has 0 amide bonds. The average molecular weight is 455 g/mol. The Labute approximate surface area is 135 Å². The molecule has 0 heterocycles. The van der Waals surface area contributed by atoms with Gasteiger partial charge in [0, 0.05) is 10.0 Å². The Bertz CT molecular complexity index is 626. The first-order valence-electron chi connectivity index (χ1n) is 5.45. The fourth-order valence-corrected chi connectivity index (χ4v) is 3.61. The third-order valence-electron chi connectivity index (χ3n) is 2.81. The third-order valence-corrected chi connectivity index (χ3v) is 5.48. The molecule has 0 spiro atoms. The Morgan fingerprint density at radius 2 is 1.68 bits per heavy atom. The molecule has 0 bridgehead atoms. The molecule has 0 saturated carbocycles. The van der Waals surface area contributed by atoms with Gasteiger partial charge in [0.2, 0.25) is 0 Å². The lowest BCUT2D eigenvalue weighted by molar-refractivity contribution is 0.583. The zero-order valence-corrected chi connectivity index (χ0v) is 14.6. The molecule has 2 rings (SSSR count). The summed E-state index contributed by atoms with van der Waals surface area (Å²) in [6, 6.07) is 8.05. The first kappa shape index (κ1) is 15.1. The second-order valence-corrected chi connectivity index (χ2v) is 6.69. The van der Waals surface area contributed by atoms with E-state index in [1.54, 1.807) is 0 Å². The summed E-state index contributed by atoms with van der Waals surface area (Å²) in [5, 5.41) is 0. The lowest BCUT2D eigenvalue weighted by atomic mass is 10.0. The number of halogens is 5. The molecule has 5 heteroatoms. The van der Waals surface area contributed by atoms with Crippen LogP contribution >= 0.6 is 47.8 Å². The maximum absolute atomic E-state index is 14.0. The molecule has 2 aromatic carbocycles. The first-order chi connectivity index (χ1) is 8.91. The summed E-state index contributed by atoms with van der Waals surface area (Å²) in [7, 11) is 0. The van der Waals surface area contributed by atoms with E-state index in [4.69, 9.17) is 0 Å². The van der Waals surface area contributed by atoms with Crippen LogP contribution in [0.25, 0.3) is 0 Å². The highest BCUT2D eigenvalue weighted by atomic mass is 79.9. The Balaban J connectivity index is 2.53. The molecule has 0 aliphatic heterocycles. The lowest BCUT2D eigenvalue weighted by Crippen LogP contribution is -2.00. The molecule has 2 aromatic rings. The van der Waals surface area contributed by atoms with Gasteiger partial charge in [-0.2, -0.15) is 0 Å². The fraction of sp³-hybridized carbons (Fsp3) is 0.143. The summed E-state index contributed by atoms with van der Waals surface area (Å²) in [4.78, 5) is -0.413. The number of hydrogen-bond acceptors (Lipinski definition) is 0. The van der Waals surface area contributed by atoms with Gasteiger partial charge in [0.25, 0.3) is 0 Å². The summed E-state index contributed by atoms with van der Waals surface area (Å²) in [6.07, 6.45) is 0. The van der Waals surface area contributed by atoms with Crippen molar-refractivity contribution in [3.63, 3.8) is 0 Å². The molecular weight excluding hydrogens is 446 g/mol. The summed E-state index contributed by atoms with van der Waals surface area (Å²) in [6.45, 7) is 1.95. The summed E-state index contributed by atoms with van der Waals surface area (Å²) >= 11 is 9.89. The van der Waals surface area contributed by atoms with E-state index < -0.39 is 16.5 Å². The van der Waals surface area contributed by atoms with Crippen LogP contribution in [0.3, 0.4) is 0 Å². The van der Waals surface area contributed by atoms with Crippen molar-refractivity contribution in [1.82, 2.24) is 0 Å². The van der Waals surface area contributed by atoms with Crippen molar-refractivity contribution in [2.45, 2.75) is 11.8 Å². The van der Waals surface area contributed by atoms with Crippen molar-refractivity contribution in [1.29, 1.82) is 0 Å². The highest BCUT2D eigenvalue weighted by Crippen LogP contribution is 2.38. The number of benzene rings is 2. The molecule has 0 aliphatic rings. The summed E-state index contributed by atoms with van der Waals surface area (Å²) in [5.41, 5.74) is 2.17. The second-order valence-electron chi connectivity index (χ2n) is 4.13. The van der Waals surface area contributed by atoms with Crippen molar-refractivity contribution in [2.75, 3.05) is 0 Å². The van der Waals surface area contributed by atoms with Crippen LogP contribution in [0.4, 0.5) is 8.78 Å². The molecule has 1 atom stereocenters. The Hall–Kier alpha value is -0.260. The van der Waals surface area contributed by atoms with Gasteiger partial charge < -0.3 is 0 Å². The highest BCUT2D eigenvalue weighted by Gasteiger charge is 2.20. The van der Waals surface area contributed by atoms with Crippen LogP contribution in [-0.4, -0.2) is 0 Å². The SMILES string of the molecule is Cc1cccc(C(Br)c2cc(F)c(Br)cc2F)c1Br. The van der Waals surface area contributed by atoms with E-state index in [0.717, 1.165) is 21.7 Å².